The number of nitrogens with one attached hydrogen (secondary N) is 2. The molecule has 9 nitrogen and oxygen atoms in total. The Morgan fingerprint density at radius 2 is 2.41 bits per heavy atom. The summed E-state index contributed by atoms with van der Waals surface area (Å²) in [6.45, 7) is -0.514. The number of H-pyrrole nitrogens is 1. The van der Waals surface area contributed by atoms with Crippen LogP contribution in [0.1, 0.15) is 0 Å². The van der Waals surface area contributed by atoms with Gasteiger partial charge < -0.3 is 15.6 Å². The van der Waals surface area contributed by atoms with Gasteiger partial charge in [0.15, 0.2) is 6.10 Å². The molecule has 1 unspecified atom stereocenters. The topological polar surface area (TPSA) is 147 Å². The van der Waals surface area contributed by atoms with Crippen LogP contribution in [-0.2, 0) is 19.6 Å². The summed E-state index contributed by atoms with van der Waals surface area (Å²) in [5.41, 5.74) is 5.33. The Morgan fingerprint density at radius 3 is 2.88 bits per heavy atom. The van der Waals surface area contributed by atoms with E-state index in [1.807, 2.05) is 4.72 Å². The summed E-state index contributed by atoms with van der Waals surface area (Å²) in [6.07, 6.45) is -0.565. The first kappa shape index (κ1) is 13.4. The Hall–Kier alpha value is -1.65. The van der Waals surface area contributed by atoms with E-state index in [4.69, 9.17) is 5.73 Å². The molecule has 1 atom stereocenters. The maximum absolute atomic E-state index is 11.6. The lowest BCUT2D eigenvalue weighted by Gasteiger charge is -2.09. The summed E-state index contributed by atoms with van der Waals surface area (Å²) in [4.78, 5) is 10.6. The van der Waals surface area contributed by atoms with Gasteiger partial charge in [0.1, 0.15) is 10.7 Å². The fraction of sp³-hybridized carbons (Fsp3) is 0.429. The molecule has 17 heavy (non-hydrogen) atoms. The molecule has 0 amide bonds. The first-order valence-electron chi connectivity index (χ1n) is 4.43. The highest BCUT2D eigenvalue weighted by Gasteiger charge is 2.23. The molecule has 1 heterocycles. The number of rotatable bonds is 5. The number of ether oxygens (including phenoxy) is 1. The summed E-state index contributed by atoms with van der Waals surface area (Å²) in [6, 6.07) is 0. The number of carbonyl (C=O) groups is 1. The van der Waals surface area contributed by atoms with Gasteiger partial charge in [-0.3, -0.25) is 5.10 Å². The molecule has 0 aliphatic carbocycles. The van der Waals surface area contributed by atoms with E-state index in [9.17, 15) is 18.3 Å². The molecule has 10 heteroatoms. The number of aromatic amines is 1. The highest BCUT2D eigenvalue weighted by Crippen LogP contribution is 2.13. The van der Waals surface area contributed by atoms with E-state index in [0.717, 1.165) is 13.3 Å². The van der Waals surface area contributed by atoms with Crippen molar-refractivity contribution < 1.29 is 23.1 Å². The van der Waals surface area contributed by atoms with Crippen LogP contribution in [0.25, 0.3) is 0 Å². The predicted molar refractivity (Wildman–Crippen MR) is 56.2 cm³/mol. The van der Waals surface area contributed by atoms with E-state index < -0.39 is 28.6 Å². The van der Waals surface area contributed by atoms with Gasteiger partial charge in [0.2, 0.25) is 10.0 Å². The normalized spacial score (nSPS) is 13.3. The van der Waals surface area contributed by atoms with Gasteiger partial charge in [0, 0.05) is 6.54 Å². The van der Waals surface area contributed by atoms with E-state index in [0.29, 0.717) is 0 Å². The minimum absolute atomic E-state index is 0.134. The zero-order valence-corrected chi connectivity index (χ0v) is 9.69. The van der Waals surface area contributed by atoms with Crippen LogP contribution in [-0.4, -0.2) is 49.4 Å². The quantitative estimate of drug-likeness (QED) is 0.441. The van der Waals surface area contributed by atoms with E-state index in [2.05, 4.69) is 14.9 Å². The van der Waals surface area contributed by atoms with Crippen LogP contribution in [0.2, 0.25) is 0 Å². The lowest BCUT2D eigenvalue weighted by Crippen LogP contribution is -2.37. The molecule has 0 saturated carbocycles. The highest BCUT2D eigenvalue weighted by atomic mass is 32.2. The molecular formula is C7H12N4O5S. The molecular weight excluding hydrogens is 252 g/mol. The van der Waals surface area contributed by atoms with Crippen molar-refractivity contribution in [2.24, 2.45) is 0 Å². The number of aliphatic hydroxyl groups excluding tert-OH is 1. The van der Waals surface area contributed by atoms with E-state index in [1.54, 1.807) is 0 Å². The first-order valence-corrected chi connectivity index (χ1v) is 5.91. The third kappa shape index (κ3) is 3.15. The van der Waals surface area contributed by atoms with Crippen LogP contribution in [0, 0.1) is 0 Å². The molecule has 0 saturated heterocycles. The van der Waals surface area contributed by atoms with Gasteiger partial charge in [0.05, 0.1) is 13.3 Å². The number of carbonyl (C=O) groups excluding carboxylic acids is 1. The molecule has 96 valence electrons. The molecule has 0 aliphatic rings. The van der Waals surface area contributed by atoms with Gasteiger partial charge in [-0.05, 0) is 0 Å². The fourth-order valence-corrected chi connectivity index (χ4v) is 2.04. The highest BCUT2D eigenvalue weighted by molar-refractivity contribution is 7.89. The number of esters is 1. The number of aromatic nitrogens is 2. The molecule has 1 aromatic heterocycles. The van der Waals surface area contributed by atoms with Crippen LogP contribution in [0.15, 0.2) is 11.1 Å². The number of hydrogen-bond donors (Lipinski definition) is 4. The molecule has 0 bridgehead atoms. The van der Waals surface area contributed by atoms with E-state index in [1.165, 1.54) is 0 Å². The number of methoxy groups -OCH3 is 1. The number of aliphatic hydroxyl groups is 1. The Kier molecular flexibility index (Phi) is 4.04. The monoisotopic (exact) mass is 264 g/mol. The SMILES string of the molecule is COC(=O)C(O)CNS(=O)(=O)c1cn[nH]c1N. The van der Waals surface area contributed by atoms with Gasteiger partial charge >= 0.3 is 5.97 Å². The maximum atomic E-state index is 11.6. The van der Waals surface area contributed by atoms with Gasteiger partial charge in [0.25, 0.3) is 0 Å². The van der Waals surface area contributed by atoms with Crippen molar-refractivity contribution in [1.82, 2.24) is 14.9 Å². The third-order valence-corrected chi connectivity index (χ3v) is 3.31. The van der Waals surface area contributed by atoms with Crippen molar-refractivity contribution in [2.75, 3.05) is 19.4 Å². The Labute approximate surface area is 97.0 Å². The number of hydrogen-bond acceptors (Lipinski definition) is 7. The number of nitrogens with two attached hydrogens (primary N) is 1. The standard InChI is InChI=1S/C7H12N4O5S/c1-16-7(13)4(12)2-10-17(14,15)5-3-9-11-6(5)8/h3-4,10,12H,2H2,1H3,(H3,8,9,11). The van der Waals surface area contributed by atoms with Crippen molar-refractivity contribution in [1.29, 1.82) is 0 Å². The van der Waals surface area contributed by atoms with Gasteiger partial charge in [-0.15, -0.1) is 0 Å². The average molecular weight is 264 g/mol. The van der Waals surface area contributed by atoms with Crippen LogP contribution in [0.3, 0.4) is 0 Å². The second kappa shape index (κ2) is 5.12. The molecule has 1 aromatic rings. The smallest absolute Gasteiger partial charge is 0.336 e. The lowest BCUT2D eigenvalue weighted by molar-refractivity contribution is -0.149. The Balaban J connectivity index is 2.70. The first-order chi connectivity index (χ1) is 7.88. The van der Waals surface area contributed by atoms with Gasteiger partial charge in [-0.25, -0.2) is 17.9 Å². The number of nitrogens with zero attached hydrogens (tertiary/aromatic N) is 1. The van der Waals surface area contributed by atoms with Crippen molar-refractivity contribution in [3.63, 3.8) is 0 Å². The summed E-state index contributed by atoms with van der Waals surface area (Å²) in [7, 11) is -2.84. The van der Waals surface area contributed by atoms with Crippen molar-refractivity contribution >= 4 is 21.8 Å². The van der Waals surface area contributed by atoms with Crippen LogP contribution in [0.5, 0.6) is 0 Å². The number of nitrogen functional groups attached to an aromatic ring is 1. The average Bonchev–Trinajstić information content (AvgIpc) is 2.72. The van der Waals surface area contributed by atoms with Crippen molar-refractivity contribution in [2.45, 2.75) is 11.0 Å². The Bertz CT molecular complexity index is 496. The molecule has 1 rings (SSSR count). The van der Waals surface area contributed by atoms with E-state index >= 15 is 0 Å². The van der Waals surface area contributed by atoms with Crippen LogP contribution < -0.4 is 10.5 Å². The summed E-state index contributed by atoms with van der Waals surface area (Å²) < 4.78 is 29.5. The van der Waals surface area contributed by atoms with Crippen LogP contribution in [0.4, 0.5) is 5.82 Å². The molecule has 0 spiro atoms. The van der Waals surface area contributed by atoms with Crippen molar-refractivity contribution in [3.05, 3.63) is 6.20 Å². The number of anilines is 1. The summed E-state index contributed by atoms with van der Waals surface area (Å²) in [5, 5.41) is 14.9. The molecule has 0 aliphatic heterocycles. The van der Waals surface area contributed by atoms with E-state index in [-0.39, 0.29) is 10.7 Å². The van der Waals surface area contributed by atoms with Crippen molar-refractivity contribution in [3.8, 4) is 0 Å². The lowest BCUT2D eigenvalue weighted by atomic mass is 10.4. The minimum atomic E-state index is -3.92. The van der Waals surface area contributed by atoms with Gasteiger partial charge in [-0.1, -0.05) is 0 Å². The zero-order chi connectivity index (χ0) is 13.1. The van der Waals surface area contributed by atoms with Gasteiger partial charge in [-0.2, -0.15) is 5.10 Å². The number of sulfonamides is 1. The molecule has 5 N–H and O–H groups in total. The maximum Gasteiger partial charge on any atom is 0.336 e. The largest absolute Gasteiger partial charge is 0.467 e. The fourth-order valence-electron chi connectivity index (χ4n) is 0.985. The molecule has 0 radical (unpaired) electrons. The zero-order valence-electron chi connectivity index (χ0n) is 8.87. The summed E-state index contributed by atoms with van der Waals surface area (Å²) >= 11 is 0. The minimum Gasteiger partial charge on any atom is -0.467 e. The second-order valence-electron chi connectivity index (χ2n) is 3.04. The predicted octanol–water partition coefficient (Wildman–Crippen LogP) is -2.20. The Morgan fingerprint density at radius 1 is 1.76 bits per heavy atom. The summed E-state index contributed by atoms with van der Waals surface area (Å²) in [5.74, 6) is -1.07. The molecule has 0 aromatic carbocycles. The molecule has 0 fully saturated rings. The second-order valence-corrected chi connectivity index (χ2v) is 4.77. The van der Waals surface area contributed by atoms with Crippen LogP contribution >= 0.6 is 0 Å². The third-order valence-electron chi connectivity index (χ3n) is 1.86.